The molecule has 0 saturated heterocycles. The molecule has 0 aliphatic carbocycles. The van der Waals surface area contributed by atoms with Gasteiger partial charge in [-0.1, -0.05) is 30.3 Å². The van der Waals surface area contributed by atoms with Gasteiger partial charge in [-0.3, -0.25) is 9.59 Å². The van der Waals surface area contributed by atoms with Gasteiger partial charge in [0, 0.05) is 13.0 Å². The van der Waals surface area contributed by atoms with Crippen LogP contribution in [0, 0.1) is 0 Å². The van der Waals surface area contributed by atoms with Gasteiger partial charge in [0.05, 0.1) is 13.5 Å². The molecule has 2 aromatic rings. The number of rotatable bonds is 12. The number of para-hydroxylation sites is 3. The summed E-state index contributed by atoms with van der Waals surface area (Å²) in [6.45, 7) is 1.14. The molecule has 0 aliphatic rings. The number of carbonyl (C=O) groups excluding carboxylic acids is 1. The van der Waals surface area contributed by atoms with Gasteiger partial charge in [-0.25, -0.2) is 0 Å². The Labute approximate surface area is 164 Å². The van der Waals surface area contributed by atoms with Crippen molar-refractivity contribution in [3.05, 3.63) is 54.1 Å². The standard InChI is InChI=1S/C21H25NO6/c1-26-18-8-4-5-9-19(18)28-15-14-27-17-7-3-2-6-16(17)12-13-22-20(23)10-11-21(24)25/h2-9H,10-15H2,1H3,(H,22,23)(H,24,25). The highest BCUT2D eigenvalue weighted by Crippen LogP contribution is 2.25. The largest absolute Gasteiger partial charge is 0.493 e. The van der Waals surface area contributed by atoms with Crippen molar-refractivity contribution in [3.8, 4) is 17.2 Å². The molecule has 0 spiro atoms. The summed E-state index contributed by atoms with van der Waals surface area (Å²) in [5.41, 5.74) is 0.957. The average Bonchev–Trinajstić information content (AvgIpc) is 2.71. The van der Waals surface area contributed by atoms with Crippen LogP contribution in [0.25, 0.3) is 0 Å². The van der Waals surface area contributed by atoms with Crippen molar-refractivity contribution in [2.24, 2.45) is 0 Å². The van der Waals surface area contributed by atoms with Gasteiger partial charge < -0.3 is 24.6 Å². The van der Waals surface area contributed by atoms with Crippen molar-refractivity contribution in [1.82, 2.24) is 5.32 Å². The summed E-state index contributed by atoms with van der Waals surface area (Å²) in [4.78, 5) is 22.1. The molecular weight excluding hydrogens is 362 g/mol. The number of benzene rings is 2. The van der Waals surface area contributed by atoms with E-state index in [2.05, 4.69) is 5.32 Å². The average molecular weight is 387 g/mol. The van der Waals surface area contributed by atoms with E-state index in [9.17, 15) is 9.59 Å². The Balaban J connectivity index is 1.77. The molecule has 0 saturated carbocycles. The van der Waals surface area contributed by atoms with E-state index in [4.69, 9.17) is 19.3 Å². The van der Waals surface area contributed by atoms with Gasteiger partial charge in [0.1, 0.15) is 19.0 Å². The second-order valence-electron chi connectivity index (χ2n) is 5.95. The molecule has 0 atom stereocenters. The number of methoxy groups -OCH3 is 1. The molecule has 0 heterocycles. The van der Waals surface area contributed by atoms with Gasteiger partial charge in [0.15, 0.2) is 11.5 Å². The zero-order valence-corrected chi connectivity index (χ0v) is 15.8. The van der Waals surface area contributed by atoms with Crippen LogP contribution in [0.5, 0.6) is 17.2 Å². The third-order valence-corrected chi connectivity index (χ3v) is 3.92. The van der Waals surface area contributed by atoms with E-state index in [-0.39, 0.29) is 18.7 Å². The Hall–Kier alpha value is -3.22. The molecule has 2 rings (SSSR count). The van der Waals surface area contributed by atoms with E-state index < -0.39 is 5.97 Å². The predicted molar refractivity (Wildman–Crippen MR) is 104 cm³/mol. The molecule has 0 aliphatic heterocycles. The van der Waals surface area contributed by atoms with Gasteiger partial charge in [-0.05, 0) is 30.2 Å². The molecule has 2 aromatic carbocycles. The molecule has 0 fully saturated rings. The molecule has 0 aromatic heterocycles. The van der Waals surface area contributed by atoms with Gasteiger partial charge in [-0.2, -0.15) is 0 Å². The van der Waals surface area contributed by atoms with Crippen molar-refractivity contribution in [1.29, 1.82) is 0 Å². The van der Waals surface area contributed by atoms with Crippen LogP contribution in [0.3, 0.4) is 0 Å². The third kappa shape index (κ3) is 7.19. The van der Waals surface area contributed by atoms with Crippen molar-refractivity contribution in [2.45, 2.75) is 19.3 Å². The first-order valence-corrected chi connectivity index (χ1v) is 9.05. The van der Waals surface area contributed by atoms with E-state index in [0.717, 1.165) is 11.3 Å². The quantitative estimate of drug-likeness (QED) is 0.544. The molecule has 2 N–H and O–H groups in total. The monoisotopic (exact) mass is 387 g/mol. The lowest BCUT2D eigenvalue weighted by Crippen LogP contribution is -2.26. The van der Waals surface area contributed by atoms with Crippen molar-refractivity contribution in [2.75, 3.05) is 26.9 Å². The number of hydrogen-bond donors (Lipinski definition) is 2. The Morgan fingerprint density at radius 1 is 0.893 bits per heavy atom. The summed E-state index contributed by atoms with van der Waals surface area (Å²) >= 11 is 0. The van der Waals surface area contributed by atoms with E-state index in [1.165, 1.54) is 0 Å². The second-order valence-corrected chi connectivity index (χ2v) is 5.95. The van der Waals surface area contributed by atoms with E-state index >= 15 is 0 Å². The summed E-state index contributed by atoms with van der Waals surface area (Å²) < 4.78 is 16.7. The minimum Gasteiger partial charge on any atom is -0.493 e. The minimum atomic E-state index is -0.982. The fourth-order valence-corrected chi connectivity index (χ4v) is 2.54. The zero-order chi connectivity index (χ0) is 20.2. The lowest BCUT2D eigenvalue weighted by atomic mass is 10.1. The fourth-order valence-electron chi connectivity index (χ4n) is 2.54. The molecular formula is C21H25NO6. The maximum absolute atomic E-state index is 11.6. The lowest BCUT2D eigenvalue weighted by Gasteiger charge is -2.13. The number of nitrogens with one attached hydrogen (secondary N) is 1. The van der Waals surface area contributed by atoms with Crippen molar-refractivity contribution < 1.29 is 28.9 Å². The fraction of sp³-hybridized carbons (Fsp3) is 0.333. The van der Waals surface area contributed by atoms with Crippen LogP contribution in [0.4, 0.5) is 0 Å². The molecule has 0 radical (unpaired) electrons. The van der Waals surface area contributed by atoms with Crippen LogP contribution in [-0.2, 0) is 16.0 Å². The number of aliphatic carboxylic acids is 1. The highest BCUT2D eigenvalue weighted by Gasteiger charge is 2.07. The zero-order valence-electron chi connectivity index (χ0n) is 15.8. The SMILES string of the molecule is COc1ccccc1OCCOc1ccccc1CCNC(=O)CCC(=O)O. The summed E-state index contributed by atoms with van der Waals surface area (Å²) in [6, 6.07) is 15.0. The maximum Gasteiger partial charge on any atom is 0.303 e. The summed E-state index contributed by atoms with van der Waals surface area (Å²) in [6.07, 6.45) is 0.397. The number of ether oxygens (including phenoxy) is 3. The highest BCUT2D eigenvalue weighted by atomic mass is 16.5. The van der Waals surface area contributed by atoms with Crippen LogP contribution in [-0.4, -0.2) is 43.9 Å². The number of carboxylic acid groups (broad SMARTS) is 1. The van der Waals surface area contributed by atoms with Crippen LogP contribution in [0.15, 0.2) is 48.5 Å². The van der Waals surface area contributed by atoms with Crippen LogP contribution >= 0.6 is 0 Å². The normalized spacial score (nSPS) is 10.2. The van der Waals surface area contributed by atoms with E-state index in [1.807, 2.05) is 48.5 Å². The Kier molecular flexibility index (Phi) is 8.65. The van der Waals surface area contributed by atoms with Crippen molar-refractivity contribution >= 4 is 11.9 Å². The van der Waals surface area contributed by atoms with Crippen LogP contribution in [0.2, 0.25) is 0 Å². The number of carbonyl (C=O) groups is 2. The van der Waals surface area contributed by atoms with Gasteiger partial charge in [-0.15, -0.1) is 0 Å². The first kappa shape index (κ1) is 21.1. The Morgan fingerprint density at radius 2 is 1.50 bits per heavy atom. The smallest absolute Gasteiger partial charge is 0.303 e. The molecule has 0 bridgehead atoms. The minimum absolute atomic E-state index is 0.0201. The molecule has 7 nitrogen and oxygen atoms in total. The highest BCUT2D eigenvalue weighted by molar-refractivity contribution is 5.80. The van der Waals surface area contributed by atoms with Crippen LogP contribution in [0.1, 0.15) is 18.4 Å². The maximum atomic E-state index is 11.6. The summed E-state index contributed by atoms with van der Waals surface area (Å²) in [7, 11) is 1.59. The molecule has 0 unspecified atom stereocenters. The molecule has 7 heteroatoms. The number of amides is 1. The lowest BCUT2D eigenvalue weighted by molar-refractivity contribution is -0.138. The Morgan fingerprint density at radius 3 is 2.18 bits per heavy atom. The second kappa shape index (κ2) is 11.5. The van der Waals surface area contributed by atoms with Crippen molar-refractivity contribution in [3.63, 3.8) is 0 Å². The predicted octanol–water partition coefficient (Wildman–Crippen LogP) is 2.68. The van der Waals surface area contributed by atoms with Gasteiger partial charge in [0.25, 0.3) is 0 Å². The third-order valence-electron chi connectivity index (χ3n) is 3.92. The summed E-state index contributed by atoms with van der Waals surface area (Å²) in [5, 5.41) is 11.3. The number of carboxylic acids is 1. The number of hydrogen-bond acceptors (Lipinski definition) is 5. The van der Waals surface area contributed by atoms with E-state index in [0.29, 0.717) is 37.7 Å². The first-order chi connectivity index (χ1) is 13.6. The molecule has 1 amide bonds. The molecule has 150 valence electrons. The van der Waals surface area contributed by atoms with Gasteiger partial charge in [0.2, 0.25) is 5.91 Å². The molecule has 28 heavy (non-hydrogen) atoms. The van der Waals surface area contributed by atoms with Crippen LogP contribution < -0.4 is 19.5 Å². The summed E-state index contributed by atoms with van der Waals surface area (Å²) in [5.74, 6) is 0.800. The van der Waals surface area contributed by atoms with E-state index in [1.54, 1.807) is 7.11 Å². The van der Waals surface area contributed by atoms with Gasteiger partial charge >= 0.3 is 5.97 Å². The Bertz CT molecular complexity index is 777. The topological polar surface area (TPSA) is 94.1 Å². The first-order valence-electron chi connectivity index (χ1n) is 9.05.